The number of hydrogen-bond donors (Lipinski definition) is 6. The number of aliphatic hydroxyl groups excluding tert-OH is 5. The second-order valence-electron chi connectivity index (χ2n) is 24.4. The van der Waals surface area contributed by atoms with Gasteiger partial charge in [0.15, 0.2) is 0 Å². The summed E-state index contributed by atoms with van der Waals surface area (Å²) in [6.45, 7) is 4.35. The highest BCUT2D eigenvalue weighted by Gasteiger charge is 2.51. The minimum absolute atomic E-state index is 0.0670. The standard InChI is InChI=1S/C66H131O12P/c1-3-5-7-9-11-13-15-17-19-21-22-23-24-25-26-27-28-29-30-31-32-33-34-35-36-37-38-39-40-41-43-45-47-49-51-53-55-60(67)77-59(58-76-79(73,74)78-66-64(71)62(69)61(68)63(70)65(66)72)57-75-56-54-52-50-48-46-44-42-20-18-16-14-12-10-8-6-4-2/h59,61-66,68-72H,3-58H2,1-2H3,(H,73,74)/t59-,61?,62-,63?,64?,65?,66?/m1/s1. The van der Waals surface area contributed by atoms with Crippen LogP contribution in [0.4, 0.5) is 0 Å². The van der Waals surface area contributed by atoms with Crippen molar-refractivity contribution in [2.75, 3.05) is 19.8 Å². The Labute approximate surface area is 486 Å². The van der Waals surface area contributed by atoms with E-state index in [0.29, 0.717) is 13.0 Å². The van der Waals surface area contributed by atoms with E-state index in [9.17, 15) is 39.8 Å². The molecule has 0 heterocycles. The molecule has 6 N–H and O–H groups in total. The van der Waals surface area contributed by atoms with Gasteiger partial charge in [-0.1, -0.05) is 335 Å². The number of phosphoric acid groups is 1. The first-order chi connectivity index (χ1) is 38.5. The number of phosphoric ester groups is 1. The molecule has 1 aliphatic rings. The summed E-state index contributed by atoms with van der Waals surface area (Å²) >= 11 is 0. The molecule has 0 bridgehead atoms. The Morgan fingerprint density at radius 1 is 0.354 bits per heavy atom. The van der Waals surface area contributed by atoms with Crippen LogP contribution < -0.4 is 0 Å². The first-order valence-corrected chi connectivity index (χ1v) is 35.9. The minimum Gasteiger partial charge on any atom is -0.457 e. The van der Waals surface area contributed by atoms with E-state index in [1.54, 1.807) is 0 Å². The Balaban J connectivity index is 2.09. The van der Waals surface area contributed by atoms with Crippen molar-refractivity contribution in [2.24, 2.45) is 0 Å². The molecular formula is C66H131O12P. The van der Waals surface area contributed by atoms with Gasteiger partial charge in [0.1, 0.15) is 42.7 Å². The van der Waals surface area contributed by atoms with Crippen LogP contribution in [-0.2, 0) is 27.9 Å². The highest BCUT2D eigenvalue weighted by atomic mass is 31.2. The summed E-state index contributed by atoms with van der Waals surface area (Å²) < 4.78 is 34.5. The molecule has 1 saturated carbocycles. The molecule has 0 amide bonds. The number of aliphatic hydroxyl groups is 5. The van der Waals surface area contributed by atoms with E-state index in [4.69, 9.17) is 18.5 Å². The van der Waals surface area contributed by atoms with Crippen molar-refractivity contribution in [2.45, 2.75) is 397 Å². The zero-order chi connectivity index (χ0) is 57.5. The van der Waals surface area contributed by atoms with E-state index in [0.717, 1.165) is 38.5 Å². The van der Waals surface area contributed by atoms with Crippen LogP contribution in [0, 0.1) is 0 Å². The normalized spacial score (nSPS) is 19.7. The van der Waals surface area contributed by atoms with E-state index in [1.807, 2.05) is 0 Å². The van der Waals surface area contributed by atoms with Gasteiger partial charge in [-0.15, -0.1) is 0 Å². The number of hydrogen-bond acceptors (Lipinski definition) is 11. The van der Waals surface area contributed by atoms with Crippen molar-refractivity contribution in [1.29, 1.82) is 0 Å². The molecule has 1 aliphatic carbocycles. The van der Waals surface area contributed by atoms with Crippen LogP contribution in [0.1, 0.15) is 354 Å². The summed E-state index contributed by atoms with van der Waals surface area (Å²) in [4.78, 5) is 23.4. The molecule has 0 saturated heterocycles. The van der Waals surface area contributed by atoms with E-state index in [2.05, 4.69) is 13.8 Å². The van der Waals surface area contributed by atoms with Crippen molar-refractivity contribution in [3.05, 3.63) is 0 Å². The van der Waals surface area contributed by atoms with Gasteiger partial charge < -0.3 is 39.9 Å². The summed E-state index contributed by atoms with van der Waals surface area (Å²) in [6.07, 6.45) is 56.5. The summed E-state index contributed by atoms with van der Waals surface area (Å²) in [5, 5.41) is 50.5. The monoisotopic (exact) mass is 1150 g/mol. The maximum Gasteiger partial charge on any atom is 0.472 e. The van der Waals surface area contributed by atoms with Crippen molar-refractivity contribution in [1.82, 2.24) is 0 Å². The van der Waals surface area contributed by atoms with E-state index in [-0.39, 0.29) is 13.0 Å². The fraction of sp³-hybridized carbons (Fsp3) is 0.985. The van der Waals surface area contributed by atoms with Gasteiger partial charge in [-0.25, -0.2) is 4.57 Å². The number of carbonyl (C=O) groups excluding carboxylic acids is 1. The Hall–Kier alpha value is -0.660. The first kappa shape index (κ1) is 76.4. The molecule has 472 valence electrons. The summed E-state index contributed by atoms with van der Waals surface area (Å²) in [6, 6.07) is 0. The average molecular weight is 1150 g/mol. The maximum absolute atomic E-state index is 12.9. The lowest BCUT2D eigenvalue weighted by Gasteiger charge is -2.41. The Bertz CT molecular complexity index is 1310. The quantitative estimate of drug-likeness (QED) is 0.0192. The Morgan fingerprint density at radius 2 is 0.595 bits per heavy atom. The fourth-order valence-corrected chi connectivity index (χ4v) is 12.3. The summed E-state index contributed by atoms with van der Waals surface area (Å²) in [5.41, 5.74) is 0. The zero-order valence-corrected chi connectivity index (χ0v) is 52.6. The van der Waals surface area contributed by atoms with Crippen molar-refractivity contribution < 1.29 is 58.3 Å². The molecule has 0 aliphatic heterocycles. The number of carbonyl (C=O) groups is 1. The van der Waals surface area contributed by atoms with Gasteiger partial charge in [-0.2, -0.15) is 0 Å². The van der Waals surface area contributed by atoms with Gasteiger partial charge in [0.05, 0.1) is 13.2 Å². The van der Waals surface area contributed by atoms with Crippen molar-refractivity contribution in [3.8, 4) is 0 Å². The number of esters is 1. The molecule has 0 aromatic rings. The number of ether oxygens (including phenoxy) is 2. The van der Waals surface area contributed by atoms with Crippen LogP contribution in [0.25, 0.3) is 0 Å². The maximum atomic E-state index is 12.9. The van der Waals surface area contributed by atoms with Gasteiger partial charge in [-0.05, 0) is 12.8 Å². The van der Waals surface area contributed by atoms with Gasteiger partial charge in [0.2, 0.25) is 0 Å². The molecule has 8 atom stereocenters. The molecular weight excluding hydrogens is 1020 g/mol. The third kappa shape index (κ3) is 47.3. The Morgan fingerprint density at radius 3 is 0.873 bits per heavy atom. The zero-order valence-electron chi connectivity index (χ0n) is 51.7. The third-order valence-electron chi connectivity index (χ3n) is 16.7. The van der Waals surface area contributed by atoms with E-state index < -0.39 is 63.1 Å². The summed E-state index contributed by atoms with van der Waals surface area (Å²) in [5.74, 6) is -0.465. The minimum atomic E-state index is -5.02. The molecule has 79 heavy (non-hydrogen) atoms. The van der Waals surface area contributed by atoms with Crippen molar-refractivity contribution >= 4 is 13.8 Å². The van der Waals surface area contributed by atoms with Crippen LogP contribution in [0.2, 0.25) is 0 Å². The Kier molecular flexibility index (Phi) is 54.6. The second-order valence-corrected chi connectivity index (χ2v) is 25.8. The third-order valence-corrected chi connectivity index (χ3v) is 17.7. The highest BCUT2D eigenvalue weighted by Crippen LogP contribution is 2.47. The molecule has 0 aromatic heterocycles. The number of rotatable bonds is 62. The highest BCUT2D eigenvalue weighted by molar-refractivity contribution is 7.47. The predicted molar refractivity (Wildman–Crippen MR) is 327 cm³/mol. The number of unbranched alkanes of at least 4 members (excludes halogenated alkanes) is 50. The van der Waals surface area contributed by atoms with E-state index in [1.165, 1.54) is 289 Å². The molecule has 1 fully saturated rings. The van der Waals surface area contributed by atoms with Crippen LogP contribution >= 0.6 is 7.82 Å². The second kappa shape index (κ2) is 56.5. The van der Waals surface area contributed by atoms with Gasteiger partial charge >= 0.3 is 13.8 Å². The smallest absolute Gasteiger partial charge is 0.457 e. The van der Waals surface area contributed by atoms with E-state index >= 15 is 0 Å². The van der Waals surface area contributed by atoms with Crippen LogP contribution in [0.3, 0.4) is 0 Å². The van der Waals surface area contributed by atoms with Crippen LogP contribution in [-0.4, -0.2) is 98.9 Å². The van der Waals surface area contributed by atoms with Gasteiger partial charge in [0, 0.05) is 13.0 Å². The SMILES string of the molecule is CCCCCCCCCCCCCCCCCCCCCCCCCCCCCCCCCCCCCCC(=O)O[C@H](COCCCCCCCCCCCCCCCCCC)COP(=O)(O)OC1C(O)C(O)C(O)[C@@H](O)C1O. The lowest BCUT2D eigenvalue weighted by molar-refractivity contribution is -0.220. The fourth-order valence-electron chi connectivity index (χ4n) is 11.4. The molecule has 0 radical (unpaired) electrons. The average Bonchev–Trinajstić information content (AvgIpc) is 3.49. The predicted octanol–water partition coefficient (Wildman–Crippen LogP) is 18.0. The molecule has 6 unspecified atom stereocenters. The van der Waals surface area contributed by atoms with Crippen LogP contribution in [0.15, 0.2) is 0 Å². The molecule has 0 aromatic carbocycles. The van der Waals surface area contributed by atoms with Crippen molar-refractivity contribution in [3.63, 3.8) is 0 Å². The topological polar surface area (TPSA) is 192 Å². The lowest BCUT2D eigenvalue weighted by Crippen LogP contribution is -2.64. The van der Waals surface area contributed by atoms with Gasteiger partial charge in [0.25, 0.3) is 0 Å². The molecule has 13 heteroatoms. The molecule has 1 rings (SSSR count). The molecule has 0 spiro atoms. The lowest BCUT2D eigenvalue weighted by atomic mass is 9.85. The summed E-state index contributed by atoms with van der Waals surface area (Å²) in [7, 11) is -5.02. The largest absolute Gasteiger partial charge is 0.472 e. The van der Waals surface area contributed by atoms with Crippen LogP contribution in [0.5, 0.6) is 0 Å². The van der Waals surface area contributed by atoms with Gasteiger partial charge in [-0.3, -0.25) is 13.8 Å². The molecule has 12 nitrogen and oxygen atoms in total. The first-order valence-electron chi connectivity index (χ1n) is 34.4.